The lowest BCUT2D eigenvalue weighted by Crippen LogP contribution is -2.46. The van der Waals surface area contributed by atoms with E-state index in [9.17, 15) is 19.6 Å². The highest BCUT2D eigenvalue weighted by Crippen LogP contribution is 2.37. The van der Waals surface area contributed by atoms with Crippen molar-refractivity contribution in [3.63, 3.8) is 0 Å². The number of fused-ring (bicyclic) bond motifs is 1. The van der Waals surface area contributed by atoms with Crippen molar-refractivity contribution >= 4 is 24.9 Å². The van der Waals surface area contributed by atoms with E-state index >= 15 is 0 Å². The Bertz CT molecular complexity index is 1540. The van der Waals surface area contributed by atoms with Gasteiger partial charge in [-0.3, -0.25) is 18.9 Å². The Morgan fingerprint density at radius 3 is 2.47 bits per heavy atom. The number of nitrogens with zero attached hydrogens (tertiary/aromatic N) is 3. The minimum absolute atomic E-state index is 0.172. The van der Waals surface area contributed by atoms with Crippen LogP contribution >= 0.6 is 7.82 Å². The molecule has 4 aromatic rings. The summed E-state index contributed by atoms with van der Waals surface area (Å²) in [4.78, 5) is 37.9. The van der Waals surface area contributed by atoms with Gasteiger partial charge in [-0.1, -0.05) is 59.6 Å². The molecule has 1 saturated heterocycles. The summed E-state index contributed by atoms with van der Waals surface area (Å²) < 4.78 is 24.0. The number of phosphoric acid groups is 1. The minimum atomic E-state index is -4.81. The van der Waals surface area contributed by atoms with Crippen LogP contribution in [0.4, 0.5) is 5.95 Å². The number of hydrogen-bond acceptors (Lipinski definition) is 8. The minimum Gasteiger partial charge on any atom is -0.387 e. The van der Waals surface area contributed by atoms with Crippen LogP contribution in [-0.4, -0.2) is 59.5 Å². The van der Waals surface area contributed by atoms with E-state index in [4.69, 9.17) is 14.5 Å². The lowest BCUT2D eigenvalue weighted by Gasteiger charge is -2.14. The lowest BCUT2D eigenvalue weighted by atomic mass is 10.0. The SMILES string of the molecule is Cn1c[n+]([C@@H]2O[C@H](COP(=O)(O)O)[C@@H](O)[C@H]2O)c2nc(NCc3ccc(-c4ccccc4)cc3)[nH]c(=O)c21. The standard InChI is InChI=1S/C24H26N5O8P/c1-28-13-29(23-20(31)19(30)17(37-23)12-36-38(33,34)35)21-18(28)22(32)27-24(26-21)25-11-14-7-9-16(10-8-14)15-5-3-2-4-6-15/h2-10,13,17,19-20,23,30-31H,11-12H2,1H3,(H3-,25,26,27,32,33,34,35)/p+1/t17-,19-,20-,23-/m1/s1. The lowest BCUT2D eigenvalue weighted by molar-refractivity contribution is -0.745. The Balaban J connectivity index is 1.36. The molecule has 5 rings (SSSR count). The van der Waals surface area contributed by atoms with Crippen molar-refractivity contribution in [2.24, 2.45) is 7.05 Å². The van der Waals surface area contributed by atoms with Gasteiger partial charge in [-0.2, -0.15) is 0 Å². The number of benzene rings is 2. The second-order valence-corrected chi connectivity index (χ2v) is 10.2. The quantitative estimate of drug-likeness (QED) is 0.135. The topological polar surface area (TPSA) is 183 Å². The fourth-order valence-electron chi connectivity index (χ4n) is 4.42. The summed E-state index contributed by atoms with van der Waals surface area (Å²) in [5.41, 5.74) is 3.07. The molecule has 38 heavy (non-hydrogen) atoms. The maximum atomic E-state index is 12.9. The average Bonchev–Trinajstić information content (AvgIpc) is 3.37. The molecular weight excluding hydrogens is 517 g/mol. The van der Waals surface area contributed by atoms with E-state index in [0.29, 0.717) is 6.54 Å². The monoisotopic (exact) mass is 544 g/mol. The number of aromatic nitrogens is 4. The maximum Gasteiger partial charge on any atom is 0.469 e. The second kappa shape index (κ2) is 10.4. The van der Waals surface area contributed by atoms with Gasteiger partial charge >= 0.3 is 13.5 Å². The average molecular weight is 544 g/mol. The highest BCUT2D eigenvalue weighted by atomic mass is 31.2. The van der Waals surface area contributed by atoms with Gasteiger partial charge in [-0.15, -0.1) is 0 Å². The molecule has 0 bridgehead atoms. The predicted octanol–water partition coefficient (Wildman–Crippen LogP) is 0.557. The molecule has 1 aliphatic heterocycles. The summed E-state index contributed by atoms with van der Waals surface area (Å²) in [7, 11) is -3.19. The van der Waals surface area contributed by atoms with Gasteiger partial charge in [0.1, 0.15) is 18.3 Å². The van der Waals surface area contributed by atoms with Crippen molar-refractivity contribution < 1.29 is 38.4 Å². The van der Waals surface area contributed by atoms with Gasteiger partial charge in [-0.05, 0) is 16.7 Å². The third kappa shape index (κ3) is 5.40. The van der Waals surface area contributed by atoms with Gasteiger partial charge in [0, 0.05) is 6.54 Å². The van der Waals surface area contributed by atoms with Crippen LogP contribution in [0.2, 0.25) is 0 Å². The second-order valence-electron chi connectivity index (χ2n) is 8.97. The smallest absolute Gasteiger partial charge is 0.387 e. The molecule has 0 radical (unpaired) electrons. The number of anilines is 1. The van der Waals surface area contributed by atoms with Gasteiger partial charge in [0.15, 0.2) is 6.33 Å². The zero-order valence-electron chi connectivity index (χ0n) is 20.2. The first kappa shape index (κ1) is 26.2. The molecule has 0 saturated carbocycles. The molecule has 0 spiro atoms. The van der Waals surface area contributed by atoms with Crippen molar-refractivity contribution in [3.05, 3.63) is 76.8 Å². The summed E-state index contributed by atoms with van der Waals surface area (Å²) in [6.45, 7) is -0.270. The Labute approximate surface area is 216 Å². The number of phosphoric ester groups is 1. The first-order valence-corrected chi connectivity index (χ1v) is 13.2. The van der Waals surface area contributed by atoms with Crippen LogP contribution in [0, 0.1) is 0 Å². The maximum absolute atomic E-state index is 12.9. The molecule has 200 valence electrons. The molecule has 4 atom stereocenters. The van der Waals surface area contributed by atoms with Gasteiger partial charge in [0.05, 0.1) is 13.7 Å². The number of nitrogens with one attached hydrogen (secondary N) is 2. The van der Waals surface area contributed by atoms with Gasteiger partial charge in [0.25, 0.3) is 11.5 Å². The van der Waals surface area contributed by atoms with Gasteiger partial charge in [0.2, 0.25) is 11.7 Å². The number of aliphatic hydroxyl groups is 2. The highest BCUT2D eigenvalue weighted by molar-refractivity contribution is 7.46. The van der Waals surface area contributed by atoms with Crippen LogP contribution in [0.15, 0.2) is 65.7 Å². The number of aryl methyl sites for hydroxylation is 1. The van der Waals surface area contributed by atoms with E-state index in [-0.39, 0.29) is 17.1 Å². The number of hydrogen-bond donors (Lipinski definition) is 6. The van der Waals surface area contributed by atoms with Crippen LogP contribution in [0.1, 0.15) is 11.8 Å². The highest BCUT2D eigenvalue weighted by Gasteiger charge is 2.47. The third-order valence-corrected chi connectivity index (χ3v) is 6.80. The van der Waals surface area contributed by atoms with E-state index in [2.05, 4.69) is 19.8 Å². The zero-order chi connectivity index (χ0) is 27.0. The molecule has 0 amide bonds. The number of H-pyrrole nitrogens is 1. The first-order valence-electron chi connectivity index (χ1n) is 11.7. The Hall–Kier alpha value is -3.42. The van der Waals surface area contributed by atoms with E-state index < -0.39 is 44.5 Å². The summed E-state index contributed by atoms with van der Waals surface area (Å²) in [5, 5.41) is 24.0. The normalized spacial score (nSPS) is 21.7. The zero-order valence-corrected chi connectivity index (χ0v) is 21.1. The fraction of sp³-hybridized carbons (Fsp3) is 0.292. The molecule has 3 heterocycles. The van der Waals surface area contributed by atoms with Gasteiger partial charge < -0.3 is 30.1 Å². The molecule has 6 N–H and O–H groups in total. The molecule has 1 fully saturated rings. The number of imidazole rings is 1. The molecule has 2 aromatic carbocycles. The molecule has 2 aromatic heterocycles. The van der Waals surface area contributed by atoms with Gasteiger partial charge in [-0.25, -0.2) is 9.13 Å². The van der Waals surface area contributed by atoms with Crippen molar-refractivity contribution in [1.29, 1.82) is 0 Å². The number of aliphatic hydroxyl groups excluding tert-OH is 2. The van der Waals surface area contributed by atoms with E-state index in [1.807, 2.05) is 54.6 Å². The van der Waals surface area contributed by atoms with Crippen LogP contribution < -0.4 is 15.4 Å². The molecule has 1 aliphatic rings. The molecule has 0 aliphatic carbocycles. The van der Waals surface area contributed by atoms with Crippen molar-refractivity contribution in [2.75, 3.05) is 11.9 Å². The fourth-order valence-corrected chi connectivity index (χ4v) is 4.76. The van der Waals surface area contributed by atoms with E-state index in [0.717, 1.165) is 16.7 Å². The summed E-state index contributed by atoms with van der Waals surface area (Å²) in [6, 6.07) is 17.9. The van der Waals surface area contributed by atoms with Crippen molar-refractivity contribution in [2.45, 2.75) is 31.1 Å². The van der Waals surface area contributed by atoms with Crippen LogP contribution in [0.5, 0.6) is 0 Å². The summed E-state index contributed by atoms with van der Waals surface area (Å²) in [5.74, 6) is 0.184. The predicted molar refractivity (Wildman–Crippen MR) is 135 cm³/mol. The molecule has 0 unspecified atom stereocenters. The molecule has 13 nitrogen and oxygen atoms in total. The Morgan fingerprint density at radius 1 is 1.11 bits per heavy atom. The third-order valence-electron chi connectivity index (χ3n) is 6.31. The van der Waals surface area contributed by atoms with E-state index in [1.54, 1.807) is 7.05 Å². The largest absolute Gasteiger partial charge is 0.469 e. The molecule has 14 heteroatoms. The van der Waals surface area contributed by atoms with Crippen LogP contribution in [-0.2, 0) is 27.4 Å². The van der Waals surface area contributed by atoms with Crippen molar-refractivity contribution in [3.8, 4) is 11.1 Å². The first-order chi connectivity index (χ1) is 18.1. The van der Waals surface area contributed by atoms with Crippen LogP contribution in [0.25, 0.3) is 22.3 Å². The number of ether oxygens (including phenoxy) is 1. The number of rotatable bonds is 8. The molecular formula is C24H27N5O8P+. The van der Waals surface area contributed by atoms with E-state index in [1.165, 1.54) is 15.5 Å². The Morgan fingerprint density at radius 2 is 1.79 bits per heavy atom. The Kier molecular flexibility index (Phi) is 7.16. The van der Waals surface area contributed by atoms with Crippen molar-refractivity contribution in [1.82, 2.24) is 14.5 Å². The number of aromatic amines is 1. The summed E-state index contributed by atoms with van der Waals surface area (Å²) in [6.07, 6.45) is -3.90. The van der Waals surface area contributed by atoms with Crippen LogP contribution in [0.3, 0.4) is 0 Å². The summed E-state index contributed by atoms with van der Waals surface area (Å²) >= 11 is 0.